The highest BCUT2D eigenvalue weighted by Gasteiger charge is 2.31. The Morgan fingerprint density at radius 2 is 2.25 bits per heavy atom. The van der Waals surface area contributed by atoms with E-state index in [4.69, 9.17) is 9.47 Å². The summed E-state index contributed by atoms with van der Waals surface area (Å²) < 4.78 is 24.3. The van der Waals surface area contributed by atoms with Crippen LogP contribution in [0.15, 0.2) is 18.2 Å². The second-order valence-corrected chi connectivity index (χ2v) is 5.06. The minimum absolute atomic E-state index is 0.0783. The quantitative estimate of drug-likeness (QED) is 0.864. The van der Waals surface area contributed by atoms with Crippen molar-refractivity contribution in [1.82, 2.24) is 4.90 Å². The number of nitrogens with zero attached hydrogens (tertiary/aromatic N) is 1. The van der Waals surface area contributed by atoms with Gasteiger partial charge in [0.25, 0.3) is 0 Å². The summed E-state index contributed by atoms with van der Waals surface area (Å²) >= 11 is 0. The molecule has 1 aromatic carbocycles. The molecule has 0 spiro atoms. The molecule has 1 fully saturated rings. The van der Waals surface area contributed by atoms with Crippen LogP contribution in [-0.4, -0.2) is 49.0 Å². The number of hydrogen-bond acceptors (Lipinski definition) is 4. The molecule has 0 saturated carbocycles. The highest BCUT2D eigenvalue weighted by molar-refractivity contribution is 5.29. The predicted molar refractivity (Wildman–Crippen MR) is 74.3 cm³/mol. The molecule has 1 saturated heterocycles. The van der Waals surface area contributed by atoms with E-state index in [-0.39, 0.29) is 30.3 Å². The van der Waals surface area contributed by atoms with Crippen molar-refractivity contribution in [1.29, 1.82) is 0 Å². The van der Waals surface area contributed by atoms with E-state index in [1.54, 1.807) is 13.2 Å². The van der Waals surface area contributed by atoms with E-state index in [9.17, 15) is 9.50 Å². The third-order valence-electron chi connectivity index (χ3n) is 3.72. The van der Waals surface area contributed by atoms with E-state index in [0.717, 1.165) is 18.5 Å². The highest BCUT2D eigenvalue weighted by Crippen LogP contribution is 2.24. The standard InChI is InChI=1S/C15H22FNO3/c1-3-20-15-5-4-11(6-14(15)16)8-17-9-13(19-2)7-12(17)10-18/h4-6,12-13,18H,3,7-10H2,1-2H3/t12-,13+/m0/s1. The van der Waals surface area contributed by atoms with E-state index in [1.165, 1.54) is 6.07 Å². The average Bonchev–Trinajstić information content (AvgIpc) is 2.84. The Labute approximate surface area is 119 Å². The fourth-order valence-electron chi connectivity index (χ4n) is 2.64. The third kappa shape index (κ3) is 3.48. The Bertz CT molecular complexity index is 441. The van der Waals surface area contributed by atoms with Gasteiger partial charge in [-0.2, -0.15) is 0 Å². The monoisotopic (exact) mass is 283 g/mol. The van der Waals surface area contributed by atoms with Crippen LogP contribution >= 0.6 is 0 Å². The fraction of sp³-hybridized carbons (Fsp3) is 0.600. The van der Waals surface area contributed by atoms with Crippen molar-refractivity contribution in [2.75, 3.05) is 26.9 Å². The van der Waals surface area contributed by atoms with Gasteiger partial charge in [-0.3, -0.25) is 4.90 Å². The Morgan fingerprint density at radius 3 is 2.85 bits per heavy atom. The lowest BCUT2D eigenvalue weighted by molar-refractivity contribution is 0.107. The van der Waals surface area contributed by atoms with Gasteiger partial charge in [0.2, 0.25) is 0 Å². The Kier molecular flexibility index (Phi) is 5.34. The van der Waals surface area contributed by atoms with E-state index in [1.807, 2.05) is 13.0 Å². The zero-order valence-corrected chi connectivity index (χ0v) is 12.0. The molecule has 1 aliphatic rings. The number of likely N-dealkylation sites (tertiary alicyclic amines) is 1. The molecule has 20 heavy (non-hydrogen) atoms. The molecule has 5 heteroatoms. The van der Waals surface area contributed by atoms with Gasteiger partial charge in [0.15, 0.2) is 11.6 Å². The van der Waals surface area contributed by atoms with Crippen LogP contribution in [0, 0.1) is 5.82 Å². The van der Waals surface area contributed by atoms with E-state index in [2.05, 4.69) is 4.90 Å². The predicted octanol–water partition coefficient (Wildman–Crippen LogP) is 1.81. The van der Waals surface area contributed by atoms with E-state index in [0.29, 0.717) is 13.2 Å². The van der Waals surface area contributed by atoms with Gasteiger partial charge in [-0.15, -0.1) is 0 Å². The smallest absolute Gasteiger partial charge is 0.165 e. The lowest BCUT2D eigenvalue weighted by Crippen LogP contribution is -2.32. The number of hydrogen-bond donors (Lipinski definition) is 1. The molecule has 2 atom stereocenters. The summed E-state index contributed by atoms with van der Waals surface area (Å²) in [6.45, 7) is 3.74. The van der Waals surface area contributed by atoms with Crippen molar-refractivity contribution < 1.29 is 19.0 Å². The molecule has 0 bridgehead atoms. The molecule has 112 valence electrons. The van der Waals surface area contributed by atoms with Gasteiger partial charge in [0.05, 0.1) is 19.3 Å². The van der Waals surface area contributed by atoms with Crippen LogP contribution in [0.2, 0.25) is 0 Å². The summed E-state index contributed by atoms with van der Waals surface area (Å²) in [7, 11) is 1.68. The van der Waals surface area contributed by atoms with Crippen molar-refractivity contribution in [2.45, 2.75) is 32.0 Å². The summed E-state index contributed by atoms with van der Waals surface area (Å²) in [6, 6.07) is 5.10. The molecule has 0 unspecified atom stereocenters. The number of benzene rings is 1. The molecule has 4 nitrogen and oxygen atoms in total. The Balaban J connectivity index is 2.04. The SMILES string of the molecule is CCOc1ccc(CN2C[C@H](OC)C[C@H]2CO)cc1F. The number of ether oxygens (including phenoxy) is 2. The van der Waals surface area contributed by atoms with Gasteiger partial charge in [0, 0.05) is 26.2 Å². The van der Waals surface area contributed by atoms with Crippen molar-refractivity contribution in [2.24, 2.45) is 0 Å². The summed E-state index contributed by atoms with van der Waals surface area (Å²) in [4.78, 5) is 2.13. The first kappa shape index (κ1) is 15.2. The maximum atomic E-state index is 13.8. The molecule has 0 aromatic heterocycles. The maximum Gasteiger partial charge on any atom is 0.165 e. The van der Waals surface area contributed by atoms with E-state index >= 15 is 0 Å². The average molecular weight is 283 g/mol. The lowest BCUT2D eigenvalue weighted by atomic mass is 10.1. The molecule has 1 aromatic rings. The lowest BCUT2D eigenvalue weighted by Gasteiger charge is -2.22. The van der Waals surface area contributed by atoms with Crippen LogP contribution < -0.4 is 4.74 Å². The molecular weight excluding hydrogens is 261 g/mol. The molecule has 0 amide bonds. The van der Waals surface area contributed by atoms with Gasteiger partial charge < -0.3 is 14.6 Å². The number of methoxy groups -OCH3 is 1. The first-order chi connectivity index (χ1) is 9.67. The normalized spacial score (nSPS) is 23.2. The Hall–Kier alpha value is -1.17. The summed E-state index contributed by atoms with van der Waals surface area (Å²) in [5.41, 5.74) is 0.876. The van der Waals surface area contributed by atoms with Gasteiger partial charge in [-0.05, 0) is 31.0 Å². The molecular formula is C15H22FNO3. The van der Waals surface area contributed by atoms with Crippen LogP contribution in [0.1, 0.15) is 18.9 Å². The van der Waals surface area contributed by atoms with Crippen molar-refractivity contribution in [3.63, 3.8) is 0 Å². The zero-order chi connectivity index (χ0) is 14.5. The van der Waals surface area contributed by atoms with Crippen molar-refractivity contribution in [3.8, 4) is 5.75 Å². The van der Waals surface area contributed by atoms with Gasteiger partial charge in [-0.25, -0.2) is 4.39 Å². The van der Waals surface area contributed by atoms with Crippen LogP contribution in [0.3, 0.4) is 0 Å². The van der Waals surface area contributed by atoms with E-state index < -0.39 is 0 Å². The van der Waals surface area contributed by atoms with Crippen molar-refractivity contribution >= 4 is 0 Å². The van der Waals surface area contributed by atoms with Gasteiger partial charge in [-0.1, -0.05) is 6.07 Å². The van der Waals surface area contributed by atoms with Crippen LogP contribution in [0.4, 0.5) is 4.39 Å². The maximum absolute atomic E-state index is 13.8. The summed E-state index contributed by atoms with van der Waals surface area (Å²) in [5, 5.41) is 9.41. The number of aliphatic hydroxyl groups is 1. The molecule has 0 radical (unpaired) electrons. The zero-order valence-electron chi connectivity index (χ0n) is 12.0. The second-order valence-electron chi connectivity index (χ2n) is 5.06. The van der Waals surface area contributed by atoms with Crippen LogP contribution in [0.25, 0.3) is 0 Å². The minimum Gasteiger partial charge on any atom is -0.491 e. The largest absolute Gasteiger partial charge is 0.491 e. The molecule has 1 N–H and O–H groups in total. The molecule has 0 aliphatic carbocycles. The number of halogens is 1. The fourth-order valence-corrected chi connectivity index (χ4v) is 2.64. The molecule has 1 aliphatic heterocycles. The topological polar surface area (TPSA) is 41.9 Å². The minimum atomic E-state index is -0.340. The number of rotatable bonds is 6. The first-order valence-electron chi connectivity index (χ1n) is 6.96. The summed E-state index contributed by atoms with van der Waals surface area (Å²) in [5.74, 6) is -0.0569. The van der Waals surface area contributed by atoms with Gasteiger partial charge in [0.1, 0.15) is 0 Å². The van der Waals surface area contributed by atoms with Crippen molar-refractivity contribution in [3.05, 3.63) is 29.6 Å². The number of aliphatic hydroxyl groups excluding tert-OH is 1. The Morgan fingerprint density at radius 1 is 1.45 bits per heavy atom. The van der Waals surface area contributed by atoms with Gasteiger partial charge >= 0.3 is 0 Å². The highest BCUT2D eigenvalue weighted by atomic mass is 19.1. The second kappa shape index (κ2) is 7.02. The first-order valence-corrected chi connectivity index (χ1v) is 6.96. The third-order valence-corrected chi connectivity index (χ3v) is 3.72. The molecule has 2 rings (SSSR count). The van der Waals surface area contributed by atoms with Crippen LogP contribution in [-0.2, 0) is 11.3 Å². The summed E-state index contributed by atoms with van der Waals surface area (Å²) in [6.07, 6.45) is 0.951. The molecule has 1 heterocycles. The van der Waals surface area contributed by atoms with Crippen LogP contribution in [0.5, 0.6) is 5.75 Å².